The van der Waals surface area contributed by atoms with Crippen molar-refractivity contribution in [2.24, 2.45) is 0 Å². The molecule has 1 fully saturated rings. The van der Waals surface area contributed by atoms with E-state index in [4.69, 9.17) is 4.74 Å². The Balaban J connectivity index is 1.71. The van der Waals surface area contributed by atoms with Crippen LogP contribution in [0.1, 0.15) is 67.3 Å². The SMILES string of the molecule is CC[C@H](NC(=O)CCc1cc(S(=O)(=O)N2CCCCC2)ccc1OC)c1ccc(C)c(C)c1. The van der Waals surface area contributed by atoms with Gasteiger partial charge in [-0.1, -0.05) is 31.5 Å². The number of ether oxygens (including phenoxy) is 1. The molecular formula is C26H36N2O4S. The first-order chi connectivity index (χ1) is 15.8. The van der Waals surface area contributed by atoms with Crippen molar-refractivity contribution in [2.45, 2.75) is 70.2 Å². The molecule has 0 aromatic heterocycles. The molecule has 1 aliphatic heterocycles. The molecule has 0 spiro atoms. The van der Waals surface area contributed by atoms with Gasteiger partial charge in [0, 0.05) is 19.5 Å². The molecule has 1 N–H and O–H groups in total. The fourth-order valence-corrected chi connectivity index (χ4v) is 5.85. The van der Waals surface area contributed by atoms with Gasteiger partial charge in [-0.15, -0.1) is 0 Å². The number of carbonyl (C=O) groups is 1. The Hall–Kier alpha value is -2.38. The number of benzene rings is 2. The zero-order valence-corrected chi connectivity index (χ0v) is 21.0. The maximum atomic E-state index is 13.1. The number of rotatable bonds is 9. The third-order valence-electron chi connectivity index (χ3n) is 6.50. The summed E-state index contributed by atoms with van der Waals surface area (Å²) in [4.78, 5) is 13.0. The van der Waals surface area contributed by atoms with E-state index in [0.717, 1.165) is 36.8 Å². The number of nitrogens with one attached hydrogen (secondary N) is 1. The number of sulfonamides is 1. The third-order valence-corrected chi connectivity index (χ3v) is 8.40. The van der Waals surface area contributed by atoms with Crippen molar-refractivity contribution >= 4 is 15.9 Å². The predicted octanol–water partition coefficient (Wildman–Crippen LogP) is 4.69. The summed E-state index contributed by atoms with van der Waals surface area (Å²) in [6.45, 7) is 7.32. The number of nitrogens with zero attached hydrogens (tertiary/aromatic N) is 1. The van der Waals surface area contributed by atoms with Crippen LogP contribution in [0.4, 0.5) is 0 Å². The summed E-state index contributed by atoms with van der Waals surface area (Å²) in [5, 5.41) is 3.13. The van der Waals surface area contributed by atoms with Crippen molar-refractivity contribution in [1.82, 2.24) is 9.62 Å². The van der Waals surface area contributed by atoms with Crippen LogP contribution in [0.25, 0.3) is 0 Å². The second-order valence-electron chi connectivity index (χ2n) is 8.81. The molecule has 1 heterocycles. The molecule has 0 bridgehead atoms. The van der Waals surface area contributed by atoms with Crippen LogP contribution in [0.3, 0.4) is 0 Å². The molecule has 1 atom stereocenters. The van der Waals surface area contributed by atoms with Gasteiger partial charge < -0.3 is 10.1 Å². The largest absolute Gasteiger partial charge is 0.496 e. The van der Waals surface area contributed by atoms with Gasteiger partial charge in [-0.2, -0.15) is 4.31 Å². The Bertz CT molecular complexity index is 1080. The zero-order valence-electron chi connectivity index (χ0n) is 20.2. The summed E-state index contributed by atoms with van der Waals surface area (Å²) in [6, 6.07) is 11.2. The lowest BCUT2D eigenvalue weighted by Gasteiger charge is -2.26. The van der Waals surface area contributed by atoms with Crippen molar-refractivity contribution < 1.29 is 17.9 Å². The minimum absolute atomic E-state index is 0.0514. The van der Waals surface area contributed by atoms with Crippen LogP contribution in [0, 0.1) is 13.8 Å². The third kappa shape index (κ3) is 6.15. The van der Waals surface area contributed by atoms with E-state index in [2.05, 4.69) is 44.3 Å². The number of methoxy groups -OCH3 is 1. The van der Waals surface area contributed by atoms with E-state index in [1.54, 1.807) is 29.6 Å². The smallest absolute Gasteiger partial charge is 0.243 e. The molecule has 1 saturated heterocycles. The van der Waals surface area contributed by atoms with Crippen molar-refractivity contribution in [3.8, 4) is 5.75 Å². The number of hydrogen-bond donors (Lipinski definition) is 1. The molecule has 2 aromatic rings. The molecule has 0 saturated carbocycles. The minimum Gasteiger partial charge on any atom is -0.496 e. The Kier molecular flexibility index (Phi) is 8.54. The van der Waals surface area contributed by atoms with Crippen LogP contribution in [0.5, 0.6) is 5.75 Å². The minimum atomic E-state index is -3.54. The van der Waals surface area contributed by atoms with Crippen LogP contribution >= 0.6 is 0 Å². The molecule has 0 aliphatic carbocycles. The Morgan fingerprint density at radius 2 is 1.79 bits per heavy atom. The van der Waals surface area contributed by atoms with Gasteiger partial charge >= 0.3 is 0 Å². The van der Waals surface area contributed by atoms with Crippen LogP contribution in [0.15, 0.2) is 41.3 Å². The molecule has 0 unspecified atom stereocenters. The predicted molar refractivity (Wildman–Crippen MR) is 131 cm³/mol. The second kappa shape index (κ2) is 11.2. The van der Waals surface area contributed by atoms with E-state index in [1.807, 2.05) is 0 Å². The molecule has 1 amide bonds. The Morgan fingerprint density at radius 3 is 2.42 bits per heavy atom. The Morgan fingerprint density at radius 1 is 1.06 bits per heavy atom. The number of hydrogen-bond acceptors (Lipinski definition) is 4. The average molecular weight is 473 g/mol. The van der Waals surface area contributed by atoms with E-state index in [9.17, 15) is 13.2 Å². The topological polar surface area (TPSA) is 75.7 Å². The standard InChI is InChI=1S/C26H36N2O4S/c1-5-24(21-10-9-19(2)20(3)17-21)27-26(29)14-11-22-18-23(12-13-25(22)32-4)33(30,31)28-15-7-6-8-16-28/h9-10,12-13,17-18,24H,5-8,11,14-16H2,1-4H3,(H,27,29)/t24-/m0/s1. The molecule has 6 nitrogen and oxygen atoms in total. The normalized spacial score (nSPS) is 15.8. The Labute approximate surface area is 198 Å². The van der Waals surface area contributed by atoms with E-state index in [-0.39, 0.29) is 23.3 Å². The summed E-state index contributed by atoms with van der Waals surface area (Å²) < 4.78 is 33.2. The van der Waals surface area contributed by atoms with Gasteiger partial charge in [0.15, 0.2) is 0 Å². The van der Waals surface area contributed by atoms with Gasteiger partial charge in [-0.3, -0.25) is 4.79 Å². The van der Waals surface area contributed by atoms with Gasteiger partial charge in [0.1, 0.15) is 5.75 Å². The lowest BCUT2D eigenvalue weighted by Crippen LogP contribution is -2.35. The lowest BCUT2D eigenvalue weighted by atomic mass is 9.99. The fraction of sp³-hybridized carbons (Fsp3) is 0.500. The van der Waals surface area contributed by atoms with E-state index in [0.29, 0.717) is 25.3 Å². The summed E-state index contributed by atoms with van der Waals surface area (Å²) in [5.41, 5.74) is 4.26. The first-order valence-corrected chi connectivity index (χ1v) is 13.2. The van der Waals surface area contributed by atoms with Gasteiger partial charge in [0.2, 0.25) is 15.9 Å². The van der Waals surface area contributed by atoms with Crippen molar-refractivity contribution in [3.05, 3.63) is 58.7 Å². The zero-order chi connectivity index (χ0) is 24.0. The maximum absolute atomic E-state index is 13.1. The quantitative estimate of drug-likeness (QED) is 0.575. The highest BCUT2D eigenvalue weighted by atomic mass is 32.2. The molecule has 1 aliphatic rings. The van der Waals surface area contributed by atoms with Crippen molar-refractivity contribution in [1.29, 1.82) is 0 Å². The second-order valence-corrected chi connectivity index (χ2v) is 10.7. The van der Waals surface area contributed by atoms with Crippen LogP contribution in [0.2, 0.25) is 0 Å². The van der Waals surface area contributed by atoms with Gasteiger partial charge in [0.05, 0.1) is 18.0 Å². The fourth-order valence-electron chi connectivity index (χ4n) is 4.28. The van der Waals surface area contributed by atoms with Crippen molar-refractivity contribution in [2.75, 3.05) is 20.2 Å². The average Bonchev–Trinajstić information content (AvgIpc) is 2.83. The van der Waals surface area contributed by atoms with Gasteiger partial charge in [-0.05, 0) is 80.0 Å². The number of carbonyl (C=O) groups excluding carboxylic acids is 1. The number of piperidine rings is 1. The molecule has 2 aromatic carbocycles. The number of amides is 1. The van der Waals surface area contributed by atoms with E-state index < -0.39 is 10.0 Å². The van der Waals surface area contributed by atoms with Crippen molar-refractivity contribution in [3.63, 3.8) is 0 Å². The summed E-state index contributed by atoms with van der Waals surface area (Å²) in [6.07, 6.45) is 4.30. The van der Waals surface area contributed by atoms with Gasteiger partial charge in [0.25, 0.3) is 0 Å². The highest BCUT2D eigenvalue weighted by Crippen LogP contribution is 2.27. The summed E-state index contributed by atoms with van der Waals surface area (Å²) in [7, 11) is -1.98. The highest BCUT2D eigenvalue weighted by molar-refractivity contribution is 7.89. The first kappa shape index (κ1) is 25.2. The van der Waals surface area contributed by atoms with Crippen LogP contribution in [-0.4, -0.2) is 38.8 Å². The molecule has 0 radical (unpaired) electrons. The van der Waals surface area contributed by atoms with Crippen LogP contribution in [-0.2, 0) is 21.2 Å². The van der Waals surface area contributed by atoms with E-state index >= 15 is 0 Å². The highest BCUT2D eigenvalue weighted by Gasteiger charge is 2.26. The summed E-state index contributed by atoms with van der Waals surface area (Å²) >= 11 is 0. The molecule has 180 valence electrons. The summed E-state index contributed by atoms with van der Waals surface area (Å²) in [5.74, 6) is 0.535. The molecular weight excluding hydrogens is 436 g/mol. The molecule has 7 heteroatoms. The monoisotopic (exact) mass is 472 g/mol. The van der Waals surface area contributed by atoms with E-state index in [1.165, 1.54) is 11.1 Å². The first-order valence-electron chi connectivity index (χ1n) is 11.8. The molecule has 33 heavy (non-hydrogen) atoms. The maximum Gasteiger partial charge on any atom is 0.243 e. The number of aryl methyl sites for hydroxylation is 3. The lowest BCUT2D eigenvalue weighted by molar-refractivity contribution is -0.121. The molecule has 3 rings (SSSR count). The van der Waals surface area contributed by atoms with Gasteiger partial charge in [-0.25, -0.2) is 8.42 Å². The van der Waals surface area contributed by atoms with Crippen LogP contribution < -0.4 is 10.1 Å².